The summed E-state index contributed by atoms with van der Waals surface area (Å²) < 4.78 is 12.8. The molecule has 1 rings (SSSR count). The number of benzene rings is 1. The molecule has 0 aliphatic heterocycles. The average Bonchev–Trinajstić information content (AvgIpc) is 2.24. The fourth-order valence-corrected chi connectivity index (χ4v) is 1.17. The first-order chi connectivity index (χ1) is 7.72. The lowest BCUT2D eigenvalue weighted by Gasteiger charge is -2.05. The zero-order valence-corrected chi connectivity index (χ0v) is 9.30. The van der Waals surface area contributed by atoms with E-state index in [4.69, 9.17) is 11.6 Å². The number of amides is 2. The van der Waals surface area contributed by atoms with E-state index in [-0.39, 0.29) is 11.8 Å². The van der Waals surface area contributed by atoms with Gasteiger partial charge in [0.2, 0.25) is 0 Å². The summed E-state index contributed by atoms with van der Waals surface area (Å²) in [6.45, 7) is 0.383. The molecule has 86 valence electrons. The van der Waals surface area contributed by atoms with Crippen molar-refractivity contribution in [2.24, 2.45) is 0 Å². The standard InChI is InChI=1S/C11H12ClFN2O/c12-6-1-2-7-14-11(16)15-10-5-3-4-9(13)8-10/h1-5,8H,6-7H2,(H2,14,15,16)/b2-1+. The van der Waals surface area contributed by atoms with E-state index < -0.39 is 0 Å². The Morgan fingerprint density at radius 1 is 1.44 bits per heavy atom. The van der Waals surface area contributed by atoms with Gasteiger partial charge in [0.25, 0.3) is 0 Å². The molecular formula is C11H12ClFN2O. The molecule has 0 atom stereocenters. The SMILES string of the molecule is O=C(NC/C=C/CCl)Nc1cccc(F)c1. The second kappa shape index (κ2) is 6.85. The molecule has 1 aromatic rings. The van der Waals surface area contributed by atoms with E-state index in [2.05, 4.69) is 10.6 Å². The van der Waals surface area contributed by atoms with Gasteiger partial charge in [-0.15, -0.1) is 11.6 Å². The number of carbonyl (C=O) groups is 1. The van der Waals surface area contributed by atoms with Crippen LogP contribution in [0.2, 0.25) is 0 Å². The monoisotopic (exact) mass is 242 g/mol. The van der Waals surface area contributed by atoms with E-state index >= 15 is 0 Å². The highest BCUT2D eigenvalue weighted by Crippen LogP contribution is 2.08. The average molecular weight is 243 g/mol. The van der Waals surface area contributed by atoms with Gasteiger partial charge in [-0.25, -0.2) is 9.18 Å². The minimum absolute atomic E-state index is 0.383. The molecule has 0 unspecified atom stereocenters. The molecule has 2 N–H and O–H groups in total. The molecule has 0 spiro atoms. The van der Waals surface area contributed by atoms with Gasteiger partial charge in [-0.05, 0) is 18.2 Å². The third kappa shape index (κ3) is 4.79. The summed E-state index contributed by atoms with van der Waals surface area (Å²) in [4.78, 5) is 11.3. The zero-order valence-electron chi connectivity index (χ0n) is 8.54. The third-order valence-electron chi connectivity index (χ3n) is 1.72. The van der Waals surface area contributed by atoms with Crippen LogP contribution in [-0.4, -0.2) is 18.5 Å². The smallest absolute Gasteiger partial charge is 0.319 e. The van der Waals surface area contributed by atoms with E-state index in [1.807, 2.05) is 0 Å². The number of hydrogen-bond donors (Lipinski definition) is 2. The molecule has 0 radical (unpaired) electrons. The van der Waals surface area contributed by atoms with E-state index in [1.165, 1.54) is 18.2 Å². The molecule has 0 aliphatic rings. The number of nitrogens with one attached hydrogen (secondary N) is 2. The molecule has 1 aromatic carbocycles. The highest BCUT2D eigenvalue weighted by molar-refractivity contribution is 6.18. The first-order valence-corrected chi connectivity index (χ1v) is 5.27. The largest absolute Gasteiger partial charge is 0.334 e. The second-order valence-corrected chi connectivity index (χ2v) is 3.28. The number of anilines is 1. The van der Waals surface area contributed by atoms with Gasteiger partial charge >= 0.3 is 6.03 Å². The summed E-state index contributed by atoms with van der Waals surface area (Å²) in [5.74, 6) is 0.0209. The van der Waals surface area contributed by atoms with Crippen molar-refractivity contribution in [1.82, 2.24) is 5.32 Å². The topological polar surface area (TPSA) is 41.1 Å². The van der Waals surface area contributed by atoms with Gasteiger partial charge in [-0.3, -0.25) is 0 Å². The number of alkyl halides is 1. The number of allylic oxidation sites excluding steroid dienone is 1. The molecule has 16 heavy (non-hydrogen) atoms. The first-order valence-electron chi connectivity index (χ1n) is 4.74. The van der Waals surface area contributed by atoms with Crippen LogP contribution in [0.3, 0.4) is 0 Å². The molecular weight excluding hydrogens is 231 g/mol. The van der Waals surface area contributed by atoms with Crippen molar-refractivity contribution >= 4 is 23.3 Å². The number of hydrogen-bond acceptors (Lipinski definition) is 1. The fourth-order valence-electron chi connectivity index (χ4n) is 1.04. The lowest BCUT2D eigenvalue weighted by atomic mass is 10.3. The van der Waals surface area contributed by atoms with Crippen LogP contribution in [0.4, 0.5) is 14.9 Å². The van der Waals surface area contributed by atoms with Gasteiger partial charge < -0.3 is 10.6 Å². The van der Waals surface area contributed by atoms with Crippen molar-refractivity contribution in [3.8, 4) is 0 Å². The van der Waals surface area contributed by atoms with E-state index in [9.17, 15) is 9.18 Å². The predicted molar refractivity (Wildman–Crippen MR) is 63.3 cm³/mol. The van der Waals surface area contributed by atoms with Crippen molar-refractivity contribution < 1.29 is 9.18 Å². The van der Waals surface area contributed by atoms with Crippen molar-refractivity contribution in [3.05, 3.63) is 42.2 Å². The zero-order chi connectivity index (χ0) is 11.8. The van der Waals surface area contributed by atoms with Gasteiger partial charge in [0.15, 0.2) is 0 Å². The van der Waals surface area contributed by atoms with Gasteiger partial charge in [0.1, 0.15) is 5.82 Å². The minimum atomic E-state index is -0.389. The summed E-state index contributed by atoms with van der Waals surface area (Å²) in [5, 5.41) is 5.07. The van der Waals surface area contributed by atoms with Gasteiger partial charge in [-0.1, -0.05) is 18.2 Å². The summed E-state index contributed by atoms with van der Waals surface area (Å²) in [5.41, 5.74) is 0.416. The highest BCUT2D eigenvalue weighted by atomic mass is 35.5. The van der Waals surface area contributed by atoms with Crippen molar-refractivity contribution in [2.75, 3.05) is 17.7 Å². The summed E-state index contributed by atoms with van der Waals surface area (Å²) >= 11 is 5.41. The quantitative estimate of drug-likeness (QED) is 0.619. The van der Waals surface area contributed by atoms with E-state index in [0.29, 0.717) is 18.1 Å². The fraction of sp³-hybridized carbons (Fsp3) is 0.182. The molecule has 0 fully saturated rings. The van der Waals surface area contributed by atoms with Crippen molar-refractivity contribution in [3.63, 3.8) is 0 Å². The van der Waals surface area contributed by atoms with Crippen LogP contribution >= 0.6 is 11.6 Å². The van der Waals surface area contributed by atoms with Crippen LogP contribution in [0.1, 0.15) is 0 Å². The Balaban J connectivity index is 2.37. The molecule has 0 heterocycles. The Morgan fingerprint density at radius 2 is 2.25 bits per heavy atom. The summed E-state index contributed by atoms with van der Waals surface area (Å²) in [6, 6.07) is 5.31. The van der Waals surface area contributed by atoms with E-state index in [0.717, 1.165) is 0 Å². The van der Waals surface area contributed by atoms with Gasteiger partial charge in [0.05, 0.1) is 0 Å². The Kier molecular flexibility index (Phi) is 5.36. The molecule has 0 aromatic heterocycles. The maximum absolute atomic E-state index is 12.8. The van der Waals surface area contributed by atoms with Crippen LogP contribution in [0.25, 0.3) is 0 Å². The van der Waals surface area contributed by atoms with Gasteiger partial charge in [-0.2, -0.15) is 0 Å². The van der Waals surface area contributed by atoms with Crippen LogP contribution in [0, 0.1) is 5.82 Å². The molecule has 0 saturated carbocycles. The Labute approximate surface area is 98.3 Å². The Hall–Kier alpha value is -1.55. The van der Waals surface area contributed by atoms with Crippen LogP contribution in [0.5, 0.6) is 0 Å². The van der Waals surface area contributed by atoms with Crippen molar-refractivity contribution in [2.45, 2.75) is 0 Å². The lowest BCUT2D eigenvalue weighted by molar-refractivity contribution is 0.253. The maximum atomic E-state index is 12.8. The van der Waals surface area contributed by atoms with Crippen LogP contribution < -0.4 is 10.6 Å². The highest BCUT2D eigenvalue weighted by Gasteiger charge is 2.00. The first kappa shape index (κ1) is 12.5. The Bertz CT molecular complexity index is 382. The predicted octanol–water partition coefficient (Wildman–Crippen LogP) is 2.74. The van der Waals surface area contributed by atoms with Crippen LogP contribution in [0.15, 0.2) is 36.4 Å². The molecule has 3 nitrogen and oxygen atoms in total. The molecule has 0 saturated heterocycles. The maximum Gasteiger partial charge on any atom is 0.319 e. The third-order valence-corrected chi connectivity index (χ3v) is 1.90. The number of carbonyl (C=O) groups excluding carboxylic acids is 1. The number of rotatable bonds is 4. The summed E-state index contributed by atoms with van der Waals surface area (Å²) in [6.07, 6.45) is 3.46. The molecule has 0 aliphatic carbocycles. The number of halogens is 2. The van der Waals surface area contributed by atoms with Gasteiger partial charge in [0, 0.05) is 18.1 Å². The van der Waals surface area contributed by atoms with E-state index in [1.54, 1.807) is 18.2 Å². The molecule has 2 amide bonds. The molecule has 0 bridgehead atoms. The molecule has 5 heteroatoms. The Morgan fingerprint density at radius 3 is 2.94 bits per heavy atom. The normalized spacial score (nSPS) is 10.4. The van der Waals surface area contributed by atoms with Crippen molar-refractivity contribution in [1.29, 1.82) is 0 Å². The second-order valence-electron chi connectivity index (χ2n) is 2.97. The van der Waals surface area contributed by atoms with Crippen LogP contribution in [-0.2, 0) is 0 Å². The summed E-state index contributed by atoms with van der Waals surface area (Å²) in [7, 11) is 0. The minimum Gasteiger partial charge on any atom is -0.334 e. The lowest BCUT2D eigenvalue weighted by Crippen LogP contribution is -2.28. The number of urea groups is 1.